The first-order valence-electron chi connectivity index (χ1n) is 3.90. The first-order chi connectivity index (χ1) is 4.70. The second-order valence-corrected chi connectivity index (χ2v) is 2.50. The Balaban J connectivity index is 3.50. The van der Waals surface area contributed by atoms with Crippen molar-refractivity contribution < 1.29 is 4.84 Å². The SMILES string of the molecule is CCC(C)=NOC(C)CC. The van der Waals surface area contributed by atoms with Crippen molar-refractivity contribution in [2.45, 2.75) is 46.6 Å². The minimum absolute atomic E-state index is 0.251. The van der Waals surface area contributed by atoms with Crippen molar-refractivity contribution >= 4 is 5.71 Å². The Bertz CT molecular complexity index is 110. The molecule has 0 fully saturated rings. The summed E-state index contributed by atoms with van der Waals surface area (Å²) in [4.78, 5) is 5.13. The molecule has 1 atom stereocenters. The molecule has 0 aromatic rings. The van der Waals surface area contributed by atoms with Crippen molar-refractivity contribution in [2.75, 3.05) is 0 Å². The number of nitrogens with zero attached hydrogens (tertiary/aromatic N) is 1. The van der Waals surface area contributed by atoms with Crippen LogP contribution >= 0.6 is 0 Å². The number of oxime groups is 1. The molecule has 0 aliphatic heterocycles. The van der Waals surface area contributed by atoms with Gasteiger partial charge in [-0.3, -0.25) is 0 Å². The normalized spacial score (nSPS) is 15.0. The van der Waals surface area contributed by atoms with Crippen LogP contribution in [0.5, 0.6) is 0 Å². The van der Waals surface area contributed by atoms with E-state index in [9.17, 15) is 0 Å². The highest BCUT2D eigenvalue weighted by Gasteiger charge is 1.95. The first-order valence-corrected chi connectivity index (χ1v) is 3.90. The molecule has 0 aromatic heterocycles. The third kappa shape index (κ3) is 4.36. The number of hydrogen-bond donors (Lipinski definition) is 0. The van der Waals surface area contributed by atoms with Gasteiger partial charge in [-0.15, -0.1) is 0 Å². The Hall–Kier alpha value is -0.530. The second kappa shape index (κ2) is 5.27. The molecule has 0 heterocycles. The molecule has 0 aromatic carbocycles. The van der Waals surface area contributed by atoms with Crippen LogP contribution in [-0.2, 0) is 4.84 Å². The summed E-state index contributed by atoms with van der Waals surface area (Å²) in [5, 5.41) is 3.93. The van der Waals surface area contributed by atoms with Crippen LogP contribution in [0.25, 0.3) is 0 Å². The summed E-state index contributed by atoms with van der Waals surface area (Å²) in [6.45, 7) is 8.15. The molecule has 0 spiro atoms. The fourth-order valence-electron chi connectivity index (χ4n) is 0.319. The lowest BCUT2D eigenvalue weighted by Gasteiger charge is -2.05. The van der Waals surface area contributed by atoms with Crippen molar-refractivity contribution in [3.05, 3.63) is 0 Å². The average Bonchev–Trinajstić information content (AvgIpc) is 1.99. The zero-order valence-corrected chi connectivity index (χ0v) is 7.35. The summed E-state index contributed by atoms with van der Waals surface area (Å²) < 4.78 is 0. The molecule has 2 nitrogen and oxygen atoms in total. The smallest absolute Gasteiger partial charge is 0.124 e. The van der Waals surface area contributed by atoms with Crippen LogP contribution in [0.3, 0.4) is 0 Å². The van der Waals surface area contributed by atoms with Crippen LogP contribution in [0.15, 0.2) is 5.16 Å². The molecule has 0 saturated heterocycles. The summed E-state index contributed by atoms with van der Waals surface area (Å²) in [6, 6.07) is 0. The first kappa shape index (κ1) is 9.47. The van der Waals surface area contributed by atoms with Gasteiger partial charge in [0.25, 0.3) is 0 Å². The fraction of sp³-hybridized carbons (Fsp3) is 0.875. The topological polar surface area (TPSA) is 21.6 Å². The van der Waals surface area contributed by atoms with Crippen molar-refractivity contribution in [3.63, 3.8) is 0 Å². The van der Waals surface area contributed by atoms with Crippen LogP contribution in [0.1, 0.15) is 40.5 Å². The highest BCUT2D eigenvalue weighted by Crippen LogP contribution is 1.97. The molecule has 1 unspecified atom stereocenters. The molecule has 0 saturated carbocycles. The number of rotatable bonds is 4. The number of hydrogen-bond acceptors (Lipinski definition) is 2. The van der Waals surface area contributed by atoms with Gasteiger partial charge >= 0.3 is 0 Å². The third-order valence-corrected chi connectivity index (χ3v) is 1.48. The summed E-state index contributed by atoms with van der Waals surface area (Å²) >= 11 is 0. The van der Waals surface area contributed by atoms with Crippen LogP contribution in [0.2, 0.25) is 0 Å². The van der Waals surface area contributed by atoms with E-state index >= 15 is 0 Å². The minimum Gasteiger partial charge on any atom is -0.393 e. The maximum absolute atomic E-state index is 5.13. The highest BCUT2D eigenvalue weighted by atomic mass is 16.6. The van der Waals surface area contributed by atoms with Gasteiger partial charge < -0.3 is 4.84 Å². The van der Waals surface area contributed by atoms with E-state index in [2.05, 4.69) is 19.0 Å². The van der Waals surface area contributed by atoms with Crippen molar-refractivity contribution in [1.29, 1.82) is 0 Å². The Morgan fingerprint density at radius 1 is 1.50 bits per heavy atom. The fourth-order valence-corrected chi connectivity index (χ4v) is 0.319. The molecule has 0 aliphatic carbocycles. The van der Waals surface area contributed by atoms with E-state index in [-0.39, 0.29) is 6.10 Å². The van der Waals surface area contributed by atoms with E-state index in [0.717, 1.165) is 18.6 Å². The molecule has 0 aliphatic rings. The molecule has 10 heavy (non-hydrogen) atoms. The van der Waals surface area contributed by atoms with Crippen LogP contribution in [0.4, 0.5) is 0 Å². The molecule has 60 valence electrons. The van der Waals surface area contributed by atoms with Crippen molar-refractivity contribution in [1.82, 2.24) is 0 Å². The molecular weight excluding hydrogens is 126 g/mol. The van der Waals surface area contributed by atoms with Gasteiger partial charge in [0.1, 0.15) is 6.10 Å². The molecular formula is C8H17NO. The zero-order valence-electron chi connectivity index (χ0n) is 7.35. The van der Waals surface area contributed by atoms with E-state index in [1.807, 2.05) is 13.8 Å². The predicted octanol–water partition coefficient (Wildman–Crippen LogP) is 2.59. The lowest BCUT2D eigenvalue weighted by molar-refractivity contribution is 0.0694. The maximum atomic E-state index is 5.13. The van der Waals surface area contributed by atoms with Gasteiger partial charge in [0.05, 0.1) is 5.71 Å². The molecule has 0 radical (unpaired) electrons. The van der Waals surface area contributed by atoms with Gasteiger partial charge in [-0.1, -0.05) is 19.0 Å². The van der Waals surface area contributed by atoms with Gasteiger partial charge in [0.2, 0.25) is 0 Å². The lowest BCUT2D eigenvalue weighted by atomic mass is 10.3. The summed E-state index contributed by atoms with van der Waals surface area (Å²) in [7, 11) is 0. The van der Waals surface area contributed by atoms with Crippen LogP contribution in [0, 0.1) is 0 Å². The molecule has 0 amide bonds. The van der Waals surface area contributed by atoms with Gasteiger partial charge in [-0.2, -0.15) is 0 Å². The predicted molar refractivity (Wildman–Crippen MR) is 44.2 cm³/mol. The Kier molecular flexibility index (Phi) is 4.99. The minimum atomic E-state index is 0.251. The van der Waals surface area contributed by atoms with Gasteiger partial charge in [0, 0.05) is 0 Å². The van der Waals surface area contributed by atoms with Crippen molar-refractivity contribution in [3.8, 4) is 0 Å². The van der Waals surface area contributed by atoms with E-state index in [4.69, 9.17) is 4.84 Å². The summed E-state index contributed by atoms with van der Waals surface area (Å²) in [5.74, 6) is 0. The Labute approximate surface area is 63.3 Å². The maximum Gasteiger partial charge on any atom is 0.124 e. The van der Waals surface area contributed by atoms with Crippen molar-refractivity contribution in [2.24, 2.45) is 5.16 Å². The monoisotopic (exact) mass is 143 g/mol. The average molecular weight is 143 g/mol. The standard InChI is InChI=1S/C8H17NO/c1-5-7(3)9-10-8(4)6-2/h8H,5-6H2,1-4H3. The molecule has 0 rings (SSSR count). The van der Waals surface area contributed by atoms with Gasteiger partial charge in [0.15, 0.2) is 0 Å². The molecule has 0 bridgehead atoms. The summed E-state index contributed by atoms with van der Waals surface area (Å²) in [5.41, 5.74) is 1.06. The Morgan fingerprint density at radius 3 is 2.50 bits per heavy atom. The van der Waals surface area contributed by atoms with Gasteiger partial charge in [-0.05, 0) is 26.7 Å². The summed E-state index contributed by atoms with van der Waals surface area (Å²) in [6.07, 6.45) is 2.23. The van der Waals surface area contributed by atoms with Crippen LogP contribution in [-0.4, -0.2) is 11.8 Å². The molecule has 2 heteroatoms. The quantitative estimate of drug-likeness (QED) is 0.438. The largest absolute Gasteiger partial charge is 0.393 e. The zero-order chi connectivity index (χ0) is 7.98. The highest BCUT2D eigenvalue weighted by molar-refractivity contribution is 5.80. The van der Waals surface area contributed by atoms with E-state index in [0.29, 0.717) is 0 Å². The van der Waals surface area contributed by atoms with Gasteiger partial charge in [-0.25, -0.2) is 0 Å². The second-order valence-electron chi connectivity index (χ2n) is 2.50. The molecule has 0 N–H and O–H groups in total. The van der Waals surface area contributed by atoms with Crippen LogP contribution < -0.4 is 0 Å². The Morgan fingerprint density at radius 2 is 2.10 bits per heavy atom. The van der Waals surface area contributed by atoms with E-state index in [1.54, 1.807) is 0 Å². The van der Waals surface area contributed by atoms with E-state index in [1.165, 1.54) is 0 Å². The third-order valence-electron chi connectivity index (χ3n) is 1.48. The van der Waals surface area contributed by atoms with E-state index < -0.39 is 0 Å². The lowest BCUT2D eigenvalue weighted by Crippen LogP contribution is -2.03.